The number of benzene rings is 1. The molecule has 1 aromatic carbocycles. The summed E-state index contributed by atoms with van der Waals surface area (Å²) in [4.78, 5) is 11.2. The highest BCUT2D eigenvalue weighted by atomic mass is 15.3. The molecule has 0 aliphatic carbocycles. The van der Waals surface area contributed by atoms with Crippen molar-refractivity contribution in [3.05, 3.63) is 53.9 Å². The van der Waals surface area contributed by atoms with Crippen LogP contribution in [0.2, 0.25) is 0 Å². The Morgan fingerprint density at radius 1 is 1.05 bits per heavy atom. The fraction of sp³-hybridized carbons (Fsp3) is 0.375. The van der Waals surface area contributed by atoms with E-state index in [-0.39, 0.29) is 0 Å². The fourth-order valence-electron chi connectivity index (χ4n) is 2.06. The molecule has 0 spiro atoms. The Morgan fingerprint density at radius 3 is 2.25 bits per heavy atom. The predicted octanol–water partition coefficient (Wildman–Crippen LogP) is 2.61. The summed E-state index contributed by atoms with van der Waals surface area (Å²) in [6, 6.07) is 10.8. The summed E-state index contributed by atoms with van der Waals surface area (Å²) in [6.07, 6.45) is 3.78. The van der Waals surface area contributed by atoms with Gasteiger partial charge in [0, 0.05) is 37.1 Å². The monoisotopic (exact) mass is 270 g/mol. The van der Waals surface area contributed by atoms with Crippen molar-refractivity contribution in [3.63, 3.8) is 0 Å². The molecule has 2 aromatic rings. The lowest BCUT2D eigenvalue weighted by Crippen LogP contribution is -2.31. The van der Waals surface area contributed by atoms with Crippen LogP contribution in [0, 0.1) is 0 Å². The minimum Gasteiger partial charge on any atom is -0.334 e. The molecule has 0 atom stereocenters. The molecule has 0 saturated carbocycles. The highest BCUT2D eigenvalue weighted by Crippen LogP contribution is 2.15. The molecule has 0 aliphatic rings. The van der Waals surface area contributed by atoms with Gasteiger partial charge in [0.1, 0.15) is 0 Å². The first kappa shape index (κ1) is 14.5. The highest BCUT2D eigenvalue weighted by Gasteiger charge is 2.13. The van der Waals surface area contributed by atoms with Crippen molar-refractivity contribution in [1.82, 2.24) is 15.3 Å². The van der Waals surface area contributed by atoms with Gasteiger partial charge in [0.15, 0.2) is 0 Å². The van der Waals surface area contributed by atoms with Crippen LogP contribution < -0.4 is 10.2 Å². The molecular weight excluding hydrogens is 248 g/mol. The van der Waals surface area contributed by atoms with Crippen molar-refractivity contribution in [1.29, 1.82) is 0 Å². The minimum absolute atomic E-state index is 0.352. The average molecular weight is 270 g/mol. The minimum atomic E-state index is 0.352. The molecule has 20 heavy (non-hydrogen) atoms. The van der Waals surface area contributed by atoms with E-state index in [0.29, 0.717) is 6.04 Å². The van der Waals surface area contributed by atoms with E-state index in [4.69, 9.17) is 0 Å². The molecule has 0 radical (unpaired) electrons. The lowest BCUT2D eigenvalue weighted by atomic mass is 10.2. The van der Waals surface area contributed by atoms with Gasteiger partial charge < -0.3 is 10.2 Å². The lowest BCUT2D eigenvalue weighted by molar-refractivity contribution is 0.658. The molecule has 2 rings (SSSR count). The van der Waals surface area contributed by atoms with Crippen LogP contribution in [0.1, 0.15) is 25.0 Å². The average Bonchev–Trinajstić information content (AvgIpc) is 2.47. The maximum atomic E-state index is 4.49. The van der Waals surface area contributed by atoms with E-state index >= 15 is 0 Å². The summed E-state index contributed by atoms with van der Waals surface area (Å²) in [5, 5.41) is 3.10. The zero-order valence-corrected chi connectivity index (χ0v) is 12.4. The number of anilines is 1. The zero-order valence-electron chi connectivity index (χ0n) is 12.4. The summed E-state index contributed by atoms with van der Waals surface area (Å²) in [7, 11) is 1.92. The van der Waals surface area contributed by atoms with Crippen LogP contribution in [0.15, 0.2) is 42.7 Å². The van der Waals surface area contributed by atoms with Crippen molar-refractivity contribution in [2.75, 3.05) is 11.9 Å². The molecule has 4 nitrogen and oxygen atoms in total. The number of aromatic nitrogens is 2. The van der Waals surface area contributed by atoms with Gasteiger partial charge in [-0.25, -0.2) is 9.97 Å². The van der Waals surface area contributed by atoms with Crippen LogP contribution >= 0.6 is 0 Å². The summed E-state index contributed by atoms with van der Waals surface area (Å²) in [5.74, 6) is 0.781. The maximum Gasteiger partial charge on any atom is 0.225 e. The number of nitrogens with zero attached hydrogens (tertiary/aromatic N) is 3. The predicted molar refractivity (Wildman–Crippen MR) is 82.6 cm³/mol. The summed E-state index contributed by atoms with van der Waals surface area (Å²) < 4.78 is 0. The maximum absolute atomic E-state index is 4.49. The highest BCUT2D eigenvalue weighted by molar-refractivity contribution is 5.33. The third kappa shape index (κ3) is 3.78. The van der Waals surface area contributed by atoms with Gasteiger partial charge in [0.2, 0.25) is 5.95 Å². The van der Waals surface area contributed by atoms with Gasteiger partial charge in [0.05, 0.1) is 0 Å². The van der Waals surface area contributed by atoms with Gasteiger partial charge in [-0.2, -0.15) is 0 Å². The number of rotatable bonds is 6. The Hall–Kier alpha value is -1.94. The van der Waals surface area contributed by atoms with E-state index < -0.39 is 0 Å². The normalized spacial score (nSPS) is 10.8. The molecule has 0 saturated heterocycles. The molecule has 1 aromatic heterocycles. The van der Waals surface area contributed by atoms with Crippen LogP contribution in [-0.4, -0.2) is 23.1 Å². The van der Waals surface area contributed by atoms with Crippen LogP contribution in [0.25, 0.3) is 0 Å². The van der Waals surface area contributed by atoms with Crippen molar-refractivity contribution < 1.29 is 0 Å². The largest absolute Gasteiger partial charge is 0.334 e. The van der Waals surface area contributed by atoms with E-state index in [1.807, 2.05) is 25.5 Å². The van der Waals surface area contributed by atoms with Gasteiger partial charge in [-0.05, 0) is 26.5 Å². The first-order chi connectivity index (χ1) is 9.70. The van der Waals surface area contributed by atoms with Gasteiger partial charge in [-0.15, -0.1) is 0 Å². The third-order valence-corrected chi connectivity index (χ3v) is 3.15. The Balaban J connectivity index is 2.16. The summed E-state index contributed by atoms with van der Waals surface area (Å²) in [5.41, 5.74) is 2.36. The SMILES string of the molecule is CNCc1cnc(N(Cc2ccccc2)C(C)C)nc1. The molecule has 0 fully saturated rings. The summed E-state index contributed by atoms with van der Waals surface area (Å²) >= 11 is 0. The summed E-state index contributed by atoms with van der Waals surface area (Å²) in [6.45, 7) is 5.94. The molecule has 0 unspecified atom stereocenters. The van der Waals surface area contributed by atoms with Crippen LogP contribution in [-0.2, 0) is 13.1 Å². The van der Waals surface area contributed by atoms with E-state index in [1.165, 1.54) is 5.56 Å². The topological polar surface area (TPSA) is 41.1 Å². The first-order valence-electron chi connectivity index (χ1n) is 6.97. The second kappa shape index (κ2) is 7.01. The fourth-order valence-corrected chi connectivity index (χ4v) is 2.06. The van der Waals surface area contributed by atoms with Crippen molar-refractivity contribution >= 4 is 5.95 Å². The van der Waals surface area contributed by atoms with Crippen molar-refractivity contribution in [2.24, 2.45) is 0 Å². The molecule has 0 aliphatic heterocycles. The standard InChI is InChI=1S/C16H22N4/c1-13(2)20(12-14-7-5-4-6-8-14)16-18-10-15(9-17-3)11-19-16/h4-8,10-11,13,17H,9,12H2,1-3H3. The van der Waals surface area contributed by atoms with Gasteiger partial charge >= 0.3 is 0 Å². The Bertz CT molecular complexity index is 508. The molecule has 0 bridgehead atoms. The molecule has 0 amide bonds. The molecule has 4 heteroatoms. The molecule has 1 N–H and O–H groups in total. The van der Waals surface area contributed by atoms with Gasteiger partial charge in [-0.1, -0.05) is 30.3 Å². The third-order valence-electron chi connectivity index (χ3n) is 3.15. The van der Waals surface area contributed by atoms with E-state index in [9.17, 15) is 0 Å². The number of hydrogen-bond acceptors (Lipinski definition) is 4. The number of hydrogen-bond donors (Lipinski definition) is 1. The molecule has 106 valence electrons. The first-order valence-corrected chi connectivity index (χ1v) is 6.97. The smallest absolute Gasteiger partial charge is 0.225 e. The van der Waals surface area contributed by atoms with Crippen molar-refractivity contribution in [2.45, 2.75) is 33.0 Å². The van der Waals surface area contributed by atoms with Crippen LogP contribution in [0.3, 0.4) is 0 Å². The van der Waals surface area contributed by atoms with Crippen LogP contribution in [0.4, 0.5) is 5.95 Å². The Morgan fingerprint density at radius 2 is 1.70 bits per heavy atom. The van der Waals surface area contributed by atoms with Crippen molar-refractivity contribution in [3.8, 4) is 0 Å². The second-order valence-electron chi connectivity index (χ2n) is 5.13. The quantitative estimate of drug-likeness (QED) is 0.876. The number of nitrogens with one attached hydrogen (secondary N) is 1. The lowest BCUT2D eigenvalue weighted by Gasteiger charge is -2.26. The zero-order chi connectivity index (χ0) is 14.4. The second-order valence-corrected chi connectivity index (χ2v) is 5.13. The van der Waals surface area contributed by atoms with Gasteiger partial charge in [0.25, 0.3) is 0 Å². The van der Waals surface area contributed by atoms with E-state index in [2.05, 4.69) is 58.3 Å². The van der Waals surface area contributed by atoms with Crippen LogP contribution in [0.5, 0.6) is 0 Å². The van der Waals surface area contributed by atoms with Gasteiger partial charge in [-0.3, -0.25) is 0 Å². The molecule has 1 heterocycles. The Labute approximate surface area is 120 Å². The molecular formula is C16H22N4. The van der Waals surface area contributed by atoms with E-state index in [1.54, 1.807) is 0 Å². The Kier molecular flexibility index (Phi) is 5.07. The van der Waals surface area contributed by atoms with E-state index in [0.717, 1.165) is 24.6 Å².